The number of esters is 1. The van der Waals surface area contributed by atoms with E-state index in [4.69, 9.17) is 4.74 Å². The van der Waals surface area contributed by atoms with Gasteiger partial charge < -0.3 is 15.0 Å². The first-order valence-corrected chi connectivity index (χ1v) is 9.17. The highest BCUT2D eigenvalue weighted by Crippen LogP contribution is 2.40. The smallest absolute Gasteiger partial charge is 0.347 e. The second-order valence-corrected chi connectivity index (χ2v) is 6.89. The van der Waals surface area contributed by atoms with Gasteiger partial charge in [0, 0.05) is 23.0 Å². The SMILES string of the molecule is CCOC(=O)C1=C(c2ccc(F)cc2)NCc2c([nH]c3ccccc23)S1. The molecule has 2 aromatic carbocycles. The molecule has 6 heteroatoms. The molecule has 0 saturated carbocycles. The van der Waals surface area contributed by atoms with Gasteiger partial charge in [-0.25, -0.2) is 9.18 Å². The molecule has 4 nitrogen and oxygen atoms in total. The van der Waals surface area contributed by atoms with Gasteiger partial charge in [0.15, 0.2) is 0 Å². The zero-order valence-electron chi connectivity index (χ0n) is 14.1. The van der Waals surface area contributed by atoms with Gasteiger partial charge in [-0.15, -0.1) is 0 Å². The van der Waals surface area contributed by atoms with Gasteiger partial charge in [-0.1, -0.05) is 30.0 Å². The van der Waals surface area contributed by atoms with Crippen LogP contribution in [0.15, 0.2) is 58.5 Å². The molecule has 0 atom stereocenters. The van der Waals surface area contributed by atoms with Crippen molar-refractivity contribution in [3.05, 3.63) is 70.4 Å². The lowest BCUT2D eigenvalue weighted by molar-refractivity contribution is -0.137. The Morgan fingerprint density at radius 2 is 1.96 bits per heavy atom. The predicted octanol–water partition coefficient (Wildman–Crippen LogP) is 4.43. The average molecular weight is 368 g/mol. The van der Waals surface area contributed by atoms with Crippen molar-refractivity contribution < 1.29 is 13.9 Å². The Morgan fingerprint density at radius 3 is 2.73 bits per heavy atom. The Kier molecular flexibility index (Phi) is 4.42. The monoisotopic (exact) mass is 368 g/mol. The highest BCUT2D eigenvalue weighted by Gasteiger charge is 2.26. The summed E-state index contributed by atoms with van der Waals surface area (Å²) in [5, 5.41) is 5.39. The Morgan fingerprint density at radius 1 is 1.19 bits per heavy atom. The zero-order chi connectivity index (χ0) is 18.1. The molecule has 0 spiro atoms. The summed E-state index contributed by atoms with van der Waals surface area (Å²) in [4.78, 5) is 16.4. The molecule has 2 N–H and O–H groups in total. The molecule has 26 heavy (non-hydrogen) atoms. The molecule has 0 bridgehead atoms. The molecule has 0 unspecified atom stereocenters. The van der Waals surface area contributed by atoms with Crippen molar-refractivity contribution in [2.45, 2.75) is 18.5 Å². The van der Waals surface area contributed by atoms with Crippen molar-refractivity contribution >= 4 is 34.3 Å². The van der Waals surface area contributed by atoms with E-state index in [0.717, 1.165) is 27.1 Å². The third kappa shape index (κ3) is 2.97. The standard InChI is InChI=1S/C20H17FN2O2S/c1-2-25-20(24)18-17(12-7-9-13(21)10-8-12)22-11-15-14-5-3-4-6-16(14)23-19(15)26-18/h3-10,22-23H,2,11H2,1H3. The molecule has 2 heterocycles. The van der Waals surface area contributed by atoms with E-state index >= 15 is 0 Å². The summed E-state index contributed by atoms with van der Waals surface area (Å²) in [7, 11) is 0. The van der Waals surface area contributed by atoms with E-state index in [1.165, 1.54) is 23.9 Å². The molecule has 1 aromatic heterocycles. The molecular weight excluding hydrogens is 351 g/mol. The summed E-state index contributed by atoms with van der Waals surface area (Å²) < 4.78 is 18.6. The molecule has 0 radical (unpaired) electrons. The molecule has 1 aliphatic heterocycles. The van der Waals surface area contributed by atoms with E-state index in [1.807, 2.05) is 18.2 Å². The van der Waals surface area contributed by atoms with Crippen LogP contribution in [0.4, 0.5) is 4.39 Å². The first-order valence-electron chi connectivity index (χ1n) is 8.36. The van der Waals surface area contributed by atoms with Gasteiger partial charge in [-0.05, 0) is 42.8 Å². The van der Waals surface area contributed by atoms with Crippen LogP contribution in [-0.4, -0.2) is 17.6 Å². The number of thioether (sulfide) groups is 1. The zero-order valence-corrected chi connectivity index (χ0v) is 15.0. The van der Waals surface area contributed by atoms with Crippen LogP contribution in [0.1, 0.15) is 18.1 Å². The second-order valence-electron chi connectivity index (χ2n) is 5.87. The summed E-state index contributed by atoms with van der Waals surface area (Å²) in [6.07, 6.45) is 0. The van der Waals surface area contributed by atoms with Crippen LogP contribution in [0.5, 0.6) is 0 Å². The van der Waals surface area contributed by atoms with Crippen molar-refractivity contribution in [2.75, 3.05) is 6.61 Å². The number of ether oxygens (including phenoxy) is 1. The molecule has 4 rings (SSSR count). The Balaban J connectivity index is 1.83. The maximum atomic E-state index is 13.3. The van der Waals surface area contributed by atoms with Crippen LogP contribution in [0.3, 0.4) is 0 Å². The van der Waals surface area contributed by atoms with Gasteiger partial charge in [0.1, 0.15) is 10.7 Å². The molecule has 0 amide bonds. The van der Waals surface area contributed by atoms with E-state index in [2.05, 4.69) is 16.4 Å². The van der Waals surface area contributed by atoms with Gasteiger partial charge in [0.2, 0.25) is 0 Å². The molecular formula is C20H17FN2O2S. The van der Waals surface area contributed by atoms with Crippen LogP contribution < -0.4 is 5.32 Å². The molecule has 0 saturated heterocycles. The third-order valence-corrected chi connectivity index (χ3v) is 5.37. The van der Waals surface area contributed by atoms with Crippen LogP contribution in [0.2, 0.25) is 0 Å². The number of halogens is 1. The number of carbonyl (C=O) groups is 1. The van der Waals surface area contributed by atoms with Gasteiger partial charge >= 0.3 is 5.97 Å². The minimum atomic E-state index is -0.393. The van der Waals surface area contributed by atoms with E-state index in [9.17, 15) is 9.18 Å². The van der Waals surface area contributed by atoms with E-state index in [1.54, 1.807) is 19.1 Å². The average Bonchev–Trinajstić information content (AvgIpc) is 2.88. The van der Waals surface area contributed by atoms with Crippen molar-refractivity contribution in [1.82, 2.24) is 10.3 Å². The lowest BCUT2D eigenvalue weighted by Crippen LogP contribution is -2.16. The predicted molar refractivity (Wildman–Crippen MR) is 101 cm³/mol. The second kappa shape index (κ2) is 6.88. The Bertz CT molecular complexity index is 1010. The minimum Gasteiger partial charge on any atom is -0.462 e. The number of H-pyrrole nitrogens is 1. The van der Waals surface area contributed by atoms with Crippen LogP contribution >= 0.6 is 11.8 Å². The molecule has 0 fully saturated rings. The number of para-hydroxylation sites is 1. The van der Waals surface area contributed by atoms with Gasteiger partial charge in [0.25, 0.3) is 0 Å². The largest absolute Gasteiger partial charge is 0.462 e. The molecule has 132 valence electrons. The van der Waals surface area contributed by atoms with E-state index in [-0.39, 0.29) is 5.82 Å². The lowest BCUT2D eigenvalue weighted by atomic mass is 10.1. The third-order valence-electron chi connectivity index (χ3n) is 4.24. The topological polar surface area (TPSA) is 54.1 Å². The van der Waals surface area contributed by atoms with Crippen molar-refractivity contribution in [3.63, 3.8) is 0 Å². The number of benzene rings is 2. The summed E-state index contributed by atoms with van der Waals surface area (Å²) >= 11 is 1.35. The number of aromatic amines is 1. The van der Waals surface area contributed by atoms with Crippen molar-refractivity contribution in [2.24, 2.45) is 0 Å². The van der Waals surface area contributed by atoms with E-state index < -0.39 is 5.97 Å². The quantitative estimate of drug-likeness (QED) is 0.672. The first-order chi connectivity index (χ1) is 12.7. The fourth-order valence-corrected chi connectivity index (χ4v) is 4.14. The van der Waals surface area contributed by atoms with E-state index in [0.29, 0.717) is 23.8 Å². The maximum Gasteiger partial charge on any atom is 0.347 e. The number of hydrogen-bond acceptors (Lipinski definition) is 4. The first kappa shape index (κ1) is 16.7. The number of fused-ring (bicyclic) bond motifs is 3. The van der Waals surface area contributed by atoms with Gasteiger partial charge in [0.05, 0.1) is 17.3 Å². The fourth-order valence-electron chi connectivity index (χ4n) is 3.04. The van der Waals surface area contributed by atoms with Gasteiger partial charge in [-0.3, -0.25) is 0 Å². The highest BCUT2D eigenvalue weighted by atomic mass is 32.2. The number of carbonyl (C=O) groups excluding carboxylic acids is 1. The number of hydrogen-bond donors (Lipinski definition) is 2. The summed E-state index contributed by atoms with van der Waals surface area (Å²) in [5.74, 6) is -0.708. The Hall–Kier alpha value is -2.73. The summed E-state index contributed by atoms with van der Waals surface area (Å²) in [5.41, 5.74) is 3.53. The summed E-state index contributed by atoms with van der Waals surface area (Å²) in [6, 6.07) is 14.1. The summed E-state index contributed by atoms with van der Waals surface area (Å²) in [6.45, 7) is 2.63. The molecule has 0 aliphatic carbocycles. The lowest BCUT2D eigenvalue weighted by Gasteiger charge is -2.13. The van der Waals surface area contributed by atoms with Crippen LogP contribution in [0.25, 0.3) is 16.6 Å². The molecule has 3 aromatic rings. The number of aromatic nitrogens is 1. The van der Waals surface area contributed by atoms with Crippen molar-refractivity contribution in [1.29, 1.82) is 0 Å². The van der Waals surface area contributed by atoms with Crippen LogP contribution in [-0.2, 0) is 16.1 Å². The Labute approximate surface area is 154 Å². The maximum absolute atomic E-state index is 13.3. The van der Waals surface area contributed by atoms with Crippen molar-refractivity contribution in [3.8, 4) is 0 Å². The number of nitrogens with one attached hydrogen (secondary N) is 2. The number of rotatable bonds is 3. The highest BCUT2D eigenvalue weighted by molar-refractivity contribution is 8.04. The molecule has 1 aliphatic rings. The minimum absolute atomic E-state index is 0.291. The fraction of sp³-hybridized carbons (Fsp3) is 0.150. The normalized spacial score (nSPS) is 13.9. The van der Waals surface area contributed by atoms with Crippen LogP contribution in [0, 0.1) is 5.82 Å². The van der Waals surface area contributed by atoms with Gasteiger partial charge in [-0.2, -0.15) is 0 Å².